The van der Waals surface area contributed by atoms with Crippen molar-refractivity contribution >= 4 is 28.3 Å². The first-order chi connectivity index (χ1) is 6.50. The molecule has 0 aromatic heterocycles. The fourth-order valence-corrected chi connectivity index (χ4v) is 2.58. The van der Waals surface area contributed by atoms with E-state index >= 15 is 0 Å². The van der Waals surface area contributed by atoms with Crippen LogP contribution in [0.25, 0.3) is 0 Å². The Labute approximate surface area is 99.6 Å². The van der Waals surface area contributed by atoms with E-state index < -0.39 is 0 Å². The molecule has 0 saturated heterocycles. The molecule has 0 aliphatic carbocycles. The Morgan fingerprint density at radius 1 is 1.36 bits per heavy atom. The predicted molar refractivity (Wildman–Crippen MR) is 70.1 cm³/mol. The van der Waals surface area contributed by atoms with Gasteiger partial charge in [0.25, 0.3) is 0 Å². The van der Waals surface area contributed by atoms with E-state index in [0.717, 1.165) is 0 Å². The summed E-state index contributed by atoms with van der Waals surface area (Å²) in [7, 11) is 2.18. The minimum Gasteiger partial charge on any atom is -0.374 e. The standard InChI is InChI=1S/C12H16IN/c1-12(2)6-7-14(3)11-5-4-9(13)8-10(11)12/h4-5,8H,6-7H2,1-3H3. The molecule has 1 nitrogen and oxygen atoms in total. The van der Waals surface area contributed by atoms with Crippen molar-refractivity contribution in [2.24, 2.45) is 0 Å². The van der Waals surface area contributed by atoms with Crippen LogP contribution in [-0.4, -0.2) is 13.6 Å². The van der Waals surface area contributed by atoms with Crippen molar-refractivity contribution in [3.05, 3.63) is 27.3 Å². The van der Waals surface area contributed by atoms with Gasteiger partial charge in [0, 0.05) is 22.8 Å². The van der Waals surface area contributed by atoms with E-state index in [1.54, 1.807) is 0 Å². The summed E-state index contributed by atoms with van der Waals surface area (Å²) in [6, 6.07) is 6.76. The van der Waals surface area contributed by atoms with Crippen molar-refractivity contribution < 1.29 is 0 Å². The van der Waals surface area contributed by atoms with Gasteiger partial charge in [-0.25, -0.2) is 0 Å². The molecule has 2 heteroatoms. The maximum atomic E-state index is 2.39. The molecule has 1 aliphatic rings. The number of fused-ring (bicyclic) bond motifs is 1. The molecule has 0 fully saturated rings. The van der Waals surface area contributed by atoms with Crippen LogP contribution in [0.5, 0.6) is 0 Å². The highest BCUT2D eigenvalue weighted by atomic mass is 127. The third-order valence-electron chi connectivity index (χ3n) is 3.17. The number of rotatable bonds is 0. The van der Waals surface area contributed by atoms with Gasteiger partial charge in [-0.3, -0.25) is 0 Å². The number of halogens is 1. The van der Waals surface area contributed by atoms with Crippen LogP contribution in [0.3, 0.4) is 0 Å². The number of hydrogen-bond acceptors (Lipinski definition) is 1. The molecule has 0 atom stereocenters. The lowest BCUT2D eigenvalue weighted by atomic mass is 9.78. The van der Waals surface area contributed by atoms with Gasteiger partial charge in [-0.15, -0.1) is 0 Å². The molecule has 14 heavy (non-hydrogen) atoms. The Kier molecular flexibility index (Phi) is 2.50. The van der Waals surface area contributed by atoms with Gasteiger partial charge in [0.2, 0.25) is 0 Å². The topological polar surface area (TPSA) is 3.24 Å². The highest BCUT2D eigenvalue weighted by molar-refractivity contribution is 14.1. The molecular formula is C12H16IN. The lowest BCUT2D eigenvalue weighted by molar-refractivity contribution is 0.462. The second-order valence-electron chi connectivity index (χ2n) is 4.72. The Morgan fingerprint density at radius 3 is 2.79 bits per heavy atom. The number of anilines is 1. The van der Waals surface area contributed by atoms with Crippen molar-refractivity contribution in [3.8, 4) is 0 Å². The van der Waals surface area contributed by atoms with Gasteiger partial charge in [-0.2, -0.15) is 0 Å². The van der Waals surface area contributed by atoms with Crippen LogP contribution >= 0.6 is 22.6 Å². The summed E-state index contributed by atoms with van der Waals surface area (Å²) in [5.41, 5.74) is 3.24. The van der Waals surface area contributed by atoms with E-state index in [9.17, 15) is 0 Å². The quantitative estimate of drug-likeness (QED) is 0.664. The first-order valence-electron chi connectivity index (χ1n) is 5.02. The van der Waals surface area contributed by atoms with Gasteiger partial charge >= 0.3 is 0 Å². The first kappa shape index (κ1) is 10.3. The van der Waals surface area contributed by atoms with Crippen LogP contribution in [0.1, 0.15) is 25.8 Å². The average molecular weight is 301 g/mol. The van der Waals surface area contributed by atoms with Crippen molar-refractivity contribution in [2.45, 2.75) is 25.7 Å². The molecule has 0 saturated carbocycles. The fraction of sp³-hybridized carbons (Fsp3) is 0.500. The average Bonchev–Trinajstić information content (AvgIpc) is 2.12. The summed E-state index contributed by atoms with van der Waals surface area (Å²) >= 11 is 2.39. The first-order valence-corrected chi connectivity index (χ1v) is 6.10. The van der Waals surface area contributed by atoms with E-state index in [-0.39, 0.29) is 0 Å². The molecule has 1 aromatic carbocycles. The minimum atomic E-state index is 0.336. The summed E-state index contributed by atoms with van der Waals surface area (Å²) in [6.45, 7) is 5.85. The lowest BCUT2D eigenvalue weighted by Gasteiger charge is -2.38. The molecule has 76 valence electrons. The Balaban J connectivity index is 2.58. The zero-order valence-corrected chi connectivity index (χ0v) is 11.1. The smallest absolute Gasteiger partial charge is 0.0402 e. The monoisotopic (exact) mass is 301 g/mol. The summed E-state index contributed by atoms with van der Waals surface area (Å²) in [4.78, 5) is 2.36. The molecule has 0 unspecified atom stereocenters. The van der Waals surface area contributed by atoms with Gasteiger partial charge in [0.05, 0.1) is 0 Å². The van der Waals surface area contributed by atoms with Gasteiger partial charge < -0.3 is 4.90 Å². The lowest BCUT2D eigenvalue weighted by Crippen LogP contribution is -2.34. The number of hydrogen-bond donors (Lipinski definition) is 0. The Hall–Kier alpha value is -0.250. The molecule has 1 aliphatic heterocycles. The number of benzene rings is 1. The molecule has 0 spiro atoms. The van der Waals surface area contributed by atoms with E-state index in [1.807, 2.05) is 0 Å². The van der Waals surface area contributed by atoms with Crippen LogP contribution in [0, 0.1) is 3.57 Å². The highest BCUT2D eigenvalue weighted by Crippen LogP contribution is 2.39. The Morgan fingerprint density at radius 2 is 2.07 bits per heavy atom. The fourth-order valence-electron chi connectivity index (χ4n) is 2.09. The molecule has 0 N–H and O–H groups in total. The molecule has 0 amide bonds. The van der Waals surface area contributed by atoms with Gasteiger partial charge in [-0.05, 0) is 58.2 Å². The van der Waals surface area contributed by atoms with Crippen molar-refractivity contribution in [1.82, 2.24) is 0 Å². The van der Waals surface area contributed by atoms with Gasteiger partial charge in [0.15, 0.2) is 0 Å². The zero-order chi connectivity index (χ0) is 10.3. The molecule has 1 heterocycles. The van der Waals surface area contributed by atoms with Crippen LogP contribution in [-0.2, 0) is 5.41 Å². The molecule has 0 bridgehead atoms. The van der Waals surface area contributed by atoms with Gasteiger partial charge in [-0.1, -0.05) is 13.8 Å². The van der Waals surface area contributed by atoms with E-state index in [4.69, 9.17) is 0 Å². The molecule has 0 radical (unpaired) electrons. The summed E-state index contributed by atoms with van der Waals surface area (Å²) in [5, 5.41) is 0. The maximum absolute atomic E-state index is 2.39. The third-order valence-corrected chi connectivity index (χ3v) is 3.84. The van der Waals surface area contributed by atoms with Crippen LogP contribution in [0.15, 0.2) is 18.2 Å². The minimum absolute atomic E-state index is 0.336. The van der Waals surface area contributed by atoms with Crippen molar-refractivity contribution in [1.29, 1.82) is 0 Å². The molecular weight excluding hydrogens is 285 g/mol. The Bertz CT molecular complexity index is 357. The molecule has 2 rings (SSSR count). The van der Waals surface area contributed by atoms with Crippen molar-refractivity contribution in [2.75, 3.05) is 18.5 Å². The second-order valence-corrected chi connectivity index (χ2v) is 5.96. The van der Waals surface area contributed by atoms with Gasteiger partial charge in [0.1, 0.15) is 0 Å². The predicted octanol–water partition coefficient (Wildman–Crippen LogP) is 3.41. The van der Waals surface area contributed by atoms with Crippen LogP contribution < -0.4 is 4.90 Å². The normalized spacial score (nSPS) is 19.3. The zero-order valence-electron chi connectivity index (χ0n) is 8.97. The summed E-state index contributed by atoms with van der Waals surface area (Å²) in [5.74, 6) is 0. The maximum Gasteiger partial charge on any atom is 0.0402 e. The van der Waals surface area contributed by atoms with Crippen molar-refractivity contribution in [3.63, 3.8) is 0 Å². The van der Waals surface area contributed by atoms with E-state index in [0.29, 0.717) is 5.41 Å². The third kappa shape index (κ3) is 1.64. The van der Waals surface area contributed by atoms with E-state index in [1.165, 1.54) is 27.8 Å². The highest BCUT2D eigenvalue weighted by Gasteiger charge is 2.29. The number of nitrogens with zero attached hydrogens (tertiary/aromatic N) is 1. The van der Waals surface area contributed by atoms with E-state index in [2.05, 4.69) is 66.6 Å². The SMILES string of the molecule is CN1CCC(C)(C)c2cc(I)ccc21. The molecule has 1 aromatic rings. The summed E-state index contributed by atoms with van der Waals surface area (Å²) < 4.78 is 1.34. The van der Waals surface area contributed by atoms with Crippen LogP contribution in [0.4, 0.5) is 5.69 Å². The largest absolute Gasteiger partial charge is 0.374 e. The summed E-state index contributed by atoms with van der Waals surface area (Å²) in [6.07, 6.45) is 1.25. The van der Waals surface area contributed by atoms with Crippen LogP contribution in [0.2, 0.25) is 0 Å². The second kappa shape index (κ2) is 3.40.